The summed E-state index contributed by atoms with van der Waals surface area (Å²) >= 11 is 0. The molecule has 3 heterocycles. The molecule has 8 nitrogen and oxygen atoms in total. The van der Waals surface area contributed by atoms with Crippen molar-refractivity contribution < 1.29 is 13.2 Å². The molecule has 0 spiro atoms. The highest BCUT2D eigenvalue weighted by Gasteiger charge is 2.20. The number of aromatic nitrogens is 2. The Labute approximate surface area is 140 Å². The number of aryl methyl sites for hydroxylation is 1. The largest absolute Gasteiger partial charge is 0.364 e. The zero-order valence-electron chi connectivity index (χ0n) is 13.3. The number of primary amides is 1. The van der Waals surface area contributed by atoms with Crippen LogP contribution in [0.2, 0.25) is 0 Å². The molecule has 3 rings (SSSR count). The standard InChI is InChI=1S/C15H19N5O3S/c1-19-10-12(8-13(19)15(16)21)24(22,23)18-11-4-5-14(17-9-11)20-6-2-3-7-20/h4-5,8-10,18H,2-3,6-7H2,1H3,(H2,16,21). The maximum atomic E-state index is 12.4. The second-order valence-electron chi connectivity index (χ2n) is 5.74. The van der Waals surface area contributed by atoms with Crippen LogP contribution in [0.3, 0.4) is 0 Å². The third kappa shape index (κ3) is 3.21. The lowest BCUT2D eigenvalue weighted by Gasteiger charge is -2.16. The number of carbonyl (C=O) groups is 1. The monoisotopic (exact) mass is 349 g/mol. The van der Waals surface area contributed by atoms with Gasteiger partial charge in [-0.1, -0.05) is 0 Å². The molecule has 0 aliphatic carbocycles. The molecule has 1 aliphatic heterocycles. The minimum Gasteiger partial charge on any atom is -0.364 e. The first-order valence-corrected chi connectivity index (χ1v) is 9.05. The van der Waals surface area contributed by atoms with Gasteiger partial charge in [-0.25, -0.2) is 13.4 Å². The zero-order valence-corrected chi connectivity index (χ0v) is 14.1. The number of nitrogens with one attached hydrogen (secondary N) is 1. The molecule has 0 atom stereocenters. The van der Waals surface area contributed by atoms with Crippen LogP contribution in [0.25, 0.3) is 0 Å². The van der Waals surface area contributed by atoms with Gasteiger partial charge in [-0.15, -0.1) is 0 Å². The van der Waals surface area contributed by atoms with Crippen molar-refractivity contribution in [2.45, 2.75) is 17.7 Å². The maximum Gasteiger partial charge on any atom is 0.265 e. The summed E-state index contributed by atoms with van der Waals surface area (Å²) in [5.74, 6) is 0.154. The van der Waals surface area contributed by atoms with Gasteiger partial charge in [0.25, 0.3) is 15.9 Å². The molecule has 0 bridgehead atoms. The summed E-state index contributed by atoms with van der Waals surface area (Å²) in [6, 6.07) is 4.72. The van der Waals surface area contributed by atoms with E-state index in [1.807, 2.05) is 0 Å². The van der Waals surface area contributed by atoms with E-state index in [4.69, 9.17) is 5.73 Å². The van der Waals surface area contributed by atoms with E-state index in [9.17, 15) is 13.2 Å². The number of carbonyl (C=O) groups excluding carboxylic acids is 1. The minimum absolute atomic E-state index is 0.0255. The lowest BCUT2D eigenvalue weighted by molar-refractivity contribution is 0.0992. The van der Waals surface area contributed by atoms with Crippen molar-refractivity contribution >= 4 is 27.4 Å². The van der Waals surface area contributed by atoms with Crippen LogP contribution in [-0.2, 0) is 17.1 Å². The van der Waals surface area contributed by atoms with Crippen LogP contribution in [0.1, 0.15) is 23.3 Å². The Morgan fingerprint density at radius 3 is 2.54 bits per heavy atom. The SMILES string of the molecule is Cn1cc(S(=O)(=O)Nc2ccc(N3CCCC3)nc2)cc1C(N)=O. The Morgan fingerprint density at radius 2 is 2.00 bits per heavy atom. The molecular formula is C15H19N5O3S. The summed E-state index contributed by atoms with van der Waals surface area (Å²) in [6.07, 6.45) is 5.12. The highest BCUT2D eigenvalue weighted by molar-refractivity contribution is 7.92. The third-order valence-corrected chi connectivity index (χ3v) is 5.32. The van der Waals surface area contributed by atoms with E-state index >= 15 is 0 Å². The molecule has 1 fully saturated rings. The second-order valence-corrected chi connectivity index (χ2v) is 7.42. The van der Waals surface area contributed by atoms with Gasteiger partial charge in [0.15, 0.2) is 0 Å². The first kappa shape index (κ1) is 16.3. The van der Waals surface area contributed by atoms with Gasteiger partial charge in [0.2, 0.25) is 0 Å². The van der Waals surface area contributed by atoms with Crippen LogP contribution >= 0.6 is 0 Å². The zero-order chi connectivity index (χ0) is 17.3. The van der Waals surface area contributed by atoms with Crippen molar-refractivity contribution in [3.8, 4) is 0 Å². The Kier molecular flexibility index (Phi) is 4.18. The van der Waals surface area contributed by atoms with E-state index in [1.165, 1.54) is 23.0 Å². The lowest BCUT2D eigenvalue weighted by Crippen LogP contribution is -2.19. The Bertz CT molecular complexity index is 852. The van der Waals surface area contributed by atoms with Crippen molar-refractivity contribution in [2.75, 3.05) is 22.7 Å². The molecule has 1 aliphatic rings. The van der Waals surface area contributed by atoms with Crippen molar-refractivity contribution in [2.24, 2.45) is 12.8 Å². The summed E-state index contributed by atoms with van der Waals surface area (Å²) in [5, 5.41) is 0. The smallest absolute Gasteiger partial charge is 0.265 e. The van der Waals surface area contributed by atoms with E-state index in [0.29, 0.717) is 5.69 Å². The van der Waals surface area contributed by atoms with Crippen molar-refractivity contribution in [1.29, 1.82) is 0 Å². The molecule has 2 aromatic heterocycles. The summed E-state index contributed by atoms with van der Waals surface area (Å²) in [6.45, 7) is 1.94. The van der Waals surface area contributed by atoms with Crippen LogP contribution in [0.4, 0.5) is 11.5 Å². The van der Waals surface area contributed by atoms with Crippen LogP contribution in [-0.4, -0.2) is 37.0 Å². The third-order valence-electron chi connectivity index (χ3n) is 3.97. The molecule has 3 N–H and O–H groups in total. The summed E-state index contributed by atoms with van der Waals surface area (Å²) in [4.78, 5) is 17.7. The molecule has 9 heteroatoms. The molecule has 0 aromatic carbocycles. The van der Waals surface area contributed by atoms with Crippen LogP contribution < -0.4 is 15.4 Å². The second kappa shape index (κ2) is 6.16. The van der Waals surface area contributed by atoms with E-state index in [2.05, 4.69) is 14.6 Å². The lowest BCUT2D eigenvalue weighted by atomic mass is 10.4. The normalized spacial score (nSPS) is 14.8. The highest BCUT2D eigenvalue weighted by Crippen LogP contribution is 2.21. The fraction of sp³-hybridized carbons (Fsp3) is 0.333. The number of nitrogens with zero attached hydrogens (tertiary/aromatic N) is 3. The topological polar surface area (TPSA) is 110 Å². The van der Waals surface area contributed by atoms with Gasteiger partial charge in [0, 0.05) is 26.3 Å². The van der Waals surface area contributed by atoms with Crippen LogP contribution in [0.5, 0.6) is 0 Å². The first-order chi connectivity index (χ1) is 11.4. The number of sulfonamides is 1. The number of hydrogen-bond donors (Lipinski definition) is 2. The molecule has 1 amide bonds. The number of pyridine rings is 1. The van der Waals surface area contributed by atoms with Crippen molar-refractivity contribution in [1.82, 2.24) is 9.55 Å². The van der Waals surface area contributed by atoms with Crippen LogP contribution in [0.15, 0.2) is 35.5 Å². The first-order valence-electron chi connectivity index (χ1n) is 7.57. The van der Waals surface area contributed by atoms with Gasteiger partial charge >= 0.3 is 0 Å². The van der Waals surface area contributed by atoms with Gasteiger partial charge in [0.05, 0.1) is 11.9 Å². The van der Waals surface area contributed by atoms with E-state index in [-0.39, 0.29) is 10.6 Å². The summed E-state index contributed by atoms with van der Waals surface area (Å²) < 4.78 is 28.7. The maximum absolute atomic E-state index is 12.4. The molecule has 2 aromatic rings. The van der Waals surface area contributed by atoms with E-state index in [0.717, 1.165) is 31.7 Å². The quantitative estimate of drug-likeness (QED) is 0.834. The molecule has 0 radical (unpaired) electrons. The number of anilines is 2. The molecule has 1 saturated heterocycles. The average molecular weight is 349 g/mol. The fourth-order valence-corrected chi connectivity index (χ4v) is 3.83. The number of amides is 1. The van der Waals surface area contributed by atoms with Gasteiger partial charge in [0.1, 0.15) is 16.4 Å². The Morgan fingerprint density at radius 1 is 1.29 bits per heavy atom. The van der Waals surface area contributed by atoms with Gasteiger partial charge < -0.3 is 15.2 Å². The molecule has 24 heavy (non-hydrogen) atoms. The number of hydrogen-bond acceptors (Lipinski definition) is 5. The van der Waals surface area contributed by atoms with E-state index < -0.39 is 15.9 Å². The van der Waals surface area contributed by atoms with Gasteiger partial charge in [-0.2, -0.15) is 0 Å². The van der Waals surface area contributed by atoms with E-state index in [1.54, 1.807) is 19.2 Å². The number of rotatable bonds is 5. The summed E-state index contributed by atoms with van der Waals surface area (Å²) in [7, 11) is -2.25. The van der Waals surface area contributed by atoms with Crippen molar-refractivity contribution in [3.05, 3.63) is 36.3 Å². The highest BCUT2D eigenvalue weighted by atomic mass is 32.2. The van der Waals surface area contributed by atoms with Crippen LogP contribution in [0, 0.1) is 0 Å². The molecule has 128 valence electrons. The molecular weight excluding hydrogens is 330 g/mol. The summed E-state index contributed by atoms with van der Waals surface area (Å²) in [5.41, 5.74) is 5.70. The predicted octanol–water partition coefficient (Wildman–Crippen LogP) is 0.920. The average Bonchev–Trinajstić information content (AvgIpc) is 3.17. The Balaban J connectivity index is 1.79. The predicted molar refractivity (Wildman–Crippen MR) is 90.4 cm³/mol. The number of nitrogens with two attached hydrogens (primary N) is 1. The fourth-order valence-electron chi connectivity index (χ4n) is 2.72. The van der Waals surface area contributed by atoms with Crippen molar-refractivity contribution in [3.63, 3.8) is 0 Å². The Hall–Kier alpha value is -2.55. The van der Waals surface area contributed by atoms with Gasteiger partial charge in [-0.05, 0) is 31.0 Å². The molecule has 0 saturated carbocycles. The molecule has 0 unspecified atom stereocenters. The minimum atomic E-state index is -3.81. The van der Waals surface area contributed by atoms with Gasteiger partial charge in [-0.3, -0.25) is 9.52 Å².